The Morgan fingerprint density at radius 3 is 2.68 bits per heavy atom. The van der Waals surface area contributed by atoms with Gasteiger partial charge in [0, 0.05) is 37.1 Å². The number of nitrogens with one attached hydrogen (secondary N) is 1. The molecule has 0 radical (unpaired) electrons. The highest BCUT2D eigenvalue weighted by Gasteiger charge is 2.09. The standard InChI is InChI=1S/C15H20N4/c1-15(2,3)18-11-13-6-8-17-14(19-13)9-12-5-4-7-16-10-12/h4-8,10,18H,9,11H2,1-3H3. The van der Waals surface area contributed by atoms with E-state index in [-0.39, 0.29) is 5.54 Å². The third-order valence-corrected chi connectivity index (χ3v) is 2.65. The lowest BCUT2D eigenvalue weighted by molar-refractivity contribution is 0.420. The quantitative estimate of drug-likeness (QED) is 0.912. The SMILES string of the molecule is CC(C)(C)NCc1ccnc(Cc2cccnc2)n1. The molecule has 19 heavy (non-hydrogen) atoms. The van der Waals surface area contributed by atoms with Crippen molar-refractivity contribution >= 4 is 0 Å². The van der Waals surface area contributed by atoms with Crippen molar-refractivity contribution in [2.24, 2.45) is 0 Å². The van der Waals surface area contributed by atoms with Crippen LogP contribution in [0.1, 0.15) is 37.9 Å². The molecule has 4 heteroatoms. The normalized spacial score (nSPS) is 11.5. The summed E-state index contributed by atoms with van der Waals surface area (Å²) in [7, 11) is 0. The monoisotopic (exact) mass is 256 g/mol. The molecule has 2 rings (SSSR count). The fraction of sp³-hybridized carbons (Fsp3) is 0.400. The van der Waals surface area contributed by atoms with Gasteiger partial charge in [0.2, 0.25) is 0 Å². The van der Waals surface area contributed by atoms with Crippen molar-refractivity contribution in [1.82, 2.24) is 20.3 Å². The molecule has 0 atom stereocenters. The minimum Gasteiger partial charge on any atom is -0.306 e. The first-order valence-electron chi connectivity index (χ1n) is 6.48. The lowest BCUT2D eigenvalue weighted by Crippen LogP contribution is -2.35. The van der Waals surface area contributed by atoms with Crippen molar-refractivity contribution < 1.29 is 0 Å². The molecular weight excluding hydrogens is 236 g/mol. The highest BCUT2D eigenvalue weighted by Crippen LogP contribution is 2.06. The van der Waals surface area contributed by atoms with Crippen LogP contribution in [0.4, 0.5) is 0 Å². The average molecular weight is 256 g/mol. The highest BCUT2D eigenvalue weighted by atomic mass is 15.0. The molecule has 0 amide bonds. The van der Waals surface area contributed by atoms with Crippen LogP contribution in [-0.2, 0) is 13.0 Å². The van der Waals surface area contributed by atoms with Gasteiger partial charge in [0.05, 0.1) is 5.69 Å². The van der Waals surface area contributed by atoms with Crippen LogP contribution >= 0.6 is 0 Å². The lowest BCUT2D eigenvalue weighted by Gasteiger charge is -2.20. The second kappa shape index (κ2) is 5.89. The first-order chi connectivity index (χ1) is 9.03. The van der Waals surface area contributed by atoms with Gasteiger partial charge in [0.25, 0.3) is 0 Å². The van der Waals surface area contributed by atoms with E-state index in [1.54, 1.807) is 6.20 Å². The molecule has 0 bridgehead atoms. The summed E-state index contributed by atoms with van der Waals surface area (Å²) in [6.45, 7) is 7.19. The van der Waals surface area contributed by atoms with Crippen molar-refractivity contribution in [3.63, 3.8) is 0 Å². The Labute approximate surface area is 114 Å². The van der Waals surface area contributed by atoms with Crippen LogP contribution in [-0.4, -0.2) is 20.5 Å². The third-order valence-electron chi connectivity index (χ3n) is 2.65. The maximum atomic E-state index is 4.57. The summed E-state index contributed by atoms with van der Waals surface area (Å²) in [5.74, 6) is 0.834. The number of pyridine rings is 1. The summed E-state index contributed by atoms with van der Waals surface area (Å²) < 4.78 is 0. The molecular formula is C15H20N4. The van der Waals surface area contributed by atoms with Gasteiger partial charge in [-0.2, -0.15) is 0 Å². The Kier molecular flexibility index (Phi) is 4.22. The van der Waals surface area contributed by atoms with Gasteiger partial charge in [0.15, 0.2) is 0 Å². The van der Waals surface area contributed by atoms with E-state index in [2.05, 4.69) is 41.0 Å². The number of rotatable bonds is 4. The zero-order valence-electron chi connectivity index (χ0n) is 11.7. The Morgan fingerprint density at radius 2 is 2.00 bits per heavy atom. The fourth-order valence-electron chi connectivity index (χ4n) is 1.67. The number of nitrogens with zero attached hydrogens (tertiary/aromatic N) is 3. The molecule has 2 aromatic heterocycles. The maximum Gasteiger partial charge on any atom is 0.133 e. The Balaban J connectivity index is 2.03. The Hall–Kier alpha value is -1.81. The van der Waals surface area contributed by atoms with E-state index < -0.39 is 0 Å². The molecule has 2 aromatic rings. The highest BCUT2D eigenvalue weighted by molar-refractivity contribution is 5.15. The van der Waals surface area contributed by atoms with Gasteiger partial charge in [-0.1, -0.05) is 6.07 Å². The van der Waals surface area contributed by atoms with E-state index in [9.17, 15) is 0 Å². The molecule has 100 valence electrons. The zero-order valence-corrected chi connectivity index (χ0v) is 11.7. The molecule has 4 nitrogen and oxygen atoms in total. The van der Waals surface area contributed by atoms with Crippen molar-refractivity contribution in [2.75, 3.05) is 0 Å². The minimum absolute atomic E-state index is 0.0917. The average Bonchev–Trinajstić information content (AvgIpc) is 2.37. The molecule has 0 aliphatic heterocycles. The van der Waals surface area contributed by atoms with E-state index in [1.165, 1.54) is 0 Å². The van der Waals surface area contributed by atoms with Crippen LogP contribution < -0.4 is 5.32 Å². The molecule has 0 saturated heterocycles. The maximum absolute atomic E-state index is 4.57. The Bertz CT molecular complexity index is 517. The third kappa shape index (κ3) is 4.75. The molecule has 0 aliphatic carbocycles. The first kappa shape index (κ1) is 13.6. The minimum atomic E-state index is 0.0917. The molecule has 0 aliphatic rings. The molecule has 1 N–H and O–H groups in total. The van der Waals surface area contributed by atoms with Gasteiger partial charge in [-0.15, -0.1) is 0 Å². The van der Waals surface area contributed by atoms with Gasteiger partial charge < -0.3 is 5.32 Å². The summed E-state index contributed by atoms with van der Waals surface area (Å²) in [6.07, 6.45) is 6.16. The molecule has 2 heterocycles. The first-order valence-corrected chi connectivity index (χ1v) is 6.48. The van der Waals surface area contributed by atoms with Crippen molar-refractivity contribution in [3.05, 3.63) is 53.9 Å². The molecule has 0 aromatic carbocycles. The summed E-state index contributed by atoms with van der Waals surface area (Å²) in [4.78, 5) is 13.0. The molecule has 0 unspecified atom stereocenters. The summed E-state index contributed by atoms with van der Waals surface area (Å²) in [5, 5.41) is 3.43. The predicted octanol–water partition coefficient (Wildman–Crippen LogP) is 2.35. The lowest BCUT2D eigenvalue weighted by atomic mass is 10.1. The number of aromatic nitrogens is 3. The van der Waals surface area contributed by atoms with Gasteiger partial charge >= 0.3 is 0 Å². The van der Waals surface area contributed by atoms with E-state index in [4.69, 9.17) is 0 Å². The van der Waals surface area contributed by atoms with Crippen LogP contribution in [0.25, 0.3) is 0 Å². The van der Waals surface area contributed by atoms with Crippen LogP contribution in [0, 0.1) is 0 Å². The van der Waals surface area contributed by atoms with Crippen LogP contribution in [0.3, 0.4) is 0 Å². The molecule has 0 saturated carbocycles. The predicted molar refractivity (Wildman–Crippen MR) is 75.7 cm³/mol. The van der Waals surface area contributed by atoms with E-state index >= 15 is 0 Å². The largest absolute Gasteiger partial charge is 0.306 e. The zero-order chi connectivity index (χ0) is 13.7. The van der Waals surface area contributed by atoms with Gasteiger partial charge in [0.1, 0.15) is 5.82 Å². The summed E-state index contributed by atoms with van der Waals surface area (Å²) in [5.41, 5.74) is 2.24. The number of hydrogen-bond acceptors (Lipinski definition) is 4. The topological polar surface area (TPSA) is 50.7 Å². The fourth-order valence-corrected chi connectivity index (χ4v) is 1.67. The van der Waals surface area contributed by atoms with E-state index in [0.29, 0.717) is 0 Å². The van der Waals surface area contributed by atoms with Crippen LogP contribution in [0.5, 0.6) is 0 Å². The second-order valence-corrected chi connectivity index (χ2v) is 5.61. The summed E-state index contributed by atoms with van der Waals surface area (Å²) in [6, 6.07) is 5.92. The Morgan fingerprint density at radius 1 is 1.16 bits per heavy atom. The summed E-state index contributed by atoms with van der Waals surface area (Å²) >= 11 is 0. The molecule has 0 fully saturated rings. The van der Waals surface area contributed by atoms with E-state index in [0.717, 1.165) is 30.0 Å². The van der Waals surface area contributed by atoms with Crippen molar-refractivity contribution in [2.45, 2.75) is 39.3 Å². The van der Waals surface area contributed by atoms with E-state index in [1.807, 2.05) is 30.6 Å². The van der Waals surface area contributed by atoms with Gasteiger partial charge in [-0.05, 0) is 38.5 Å². The molecule has 0 spiro atoms. The second-order valence-electron chi connectivity index (χ2n) is 5.61. The smallest absolute Gasteiger partial charge is 0.133 e. The van der Waals surface area contributed by atoms with Crippen LogP contribution in [0.15, 0.2) is 36.8 Å². The van der Waals surface area contributed by atoms with Gasteiger partial charge in [-0.25, -0.2) is 9.97 Å². The van der Waals surface area contributed by atoms with Crippen molar-refractivity contribution in [3.8, 4) is 0 Å². The van der Waals surface area contributed by atoms with Crippen molar-refractivity contribution in [1.29, 1.82) is 0 Å². The number of hydrogen-bond donors (Lipinski definition) is 1. The van der Waals surface area contributed by atoms with Crippen LogP contribution in [0.2, 0.25) is 0 Å². The van der Waals surface area contributed by atoms with Gasteiger partial charge in [-0.3, -0.25) is 4.98 Å².